The Labute approximate surface area is 200 Å². The number of anilines is 2. The Hall–Kier alpha value is -3.34. The maximum absolute atomic E-state index is 13.4. The first-order valence-corrected chi connectivity index (χ1v) is 11.0. The molecule has 2 fully saturated rings. The Morgan fingerprint density at radius 2 is 1.85 bits per heavy atom. The van der Waals surface area contributed by atoms with Crippen molar-refractivity contribution >= 4 is 63.9 Å². The highest BCUT2D eigenvalue weighted by molar-refractivity contribution is 7.80. The van der Waals surface area contributed by atoms with Crippen LogP contribution in [0, 0.1) is 17.0 Å². The van der Waals surface area contributed by atoms with Crippen LogP contribution >= 0.6 is 23.8 Å². The van der Waals surface area contributed by atoms with Gasteiger partial charge < -0.3 is 10.2 Å². The first-order chi connectivity index (χ1) is 15.8. The van der Waals surface area contributed by atoms with Crippen molar-refractivity contribution in [3.63, 3.8) is 0 Å². The standard InChI is InChI=1S/C22H20ClN5O4S/c1-13-2-3-15(23)12-19(13)27-21(30)17(20(29)25-22(27)33)11-14-10-16(28(31)32)4-5-18(14)26-8-6-24-7-9-26/h2-5,10-12,24H,6-9H2,1H3,(H,25,29,33)/b17-11-. The van der Waals surface area contributed by atoms with E-state index < -0.39 is 16.7 Å². The summed E-state index contributed by atoms with van der Waals surface area (Å²) in [6.07, 6.45) is 1.39. The number of nitrogens with zero attached hydrogens (tertiary/aromatic N) is 3. The summed E-state index contributed by atoms with van der Waals surface area (Å²) in [4.78, 5) is 40.3. The van der Waals surface area contributed by atoms with Crippen LogP contribution in [0.2, 0.25) is 5.02 Å². The number of nitrogens with one attached hydrogen (secondary N) is 2. The highest BCUT2D eigenvalue weighted by atomic mass is 35.5. The van der Waals surface area contributed by atoms with Crippen molar-refractivity contribution in [3.8, 4) is 0 Å². The van der Waals surface area contributed by atoms with E-state index in [2.05, 4.69) is 15.5 Å². The summed E-state index contributed by atoms with van der Waals surface area (Å²) in [5.74, 6) is -1.30. The fourth-order valence-corrected chi connectivity index (χ4v) is 4.26. The first kappa shape index (κ1) is 22.8. The molecule has 2 aromatic carbocycles. The Morgan fingerprint density at radius 1 is 1.12 bits per heavy atom. The molecule has 2 amide bonds. The molecule has 0 radical (unpaired) electrons. The molecule has 11 heteroatoms. The zero-order valence-corrected chi connectivity index (χ0v) is 19.2. The van der Waals surface area contributed by atoms with E-state index in [1.165, 1.54) is 23.1 Å². The second-order valence-corrected chi connectivity index (χ2v) is 8.45. The van der Waals surface area contributed by atoms with Crippen LogP contribution in [-0.4, -0.2) is 48.0 Å². The quantitative estimate of drug-likeness (QED) is 0.225. The van der Waals surface area contributed by atoms with E-state index >= 15 is 0 Å². The van der Waals surface area contributed by atoms with Gasteiger partial charge in [-0.1, -0.05) is 17.7 Å². The van der Waals surface area contributed by atoms with Gasteiger partial charge in [-0.3, -0.25) is 29.9 Å². The lowest BCUT2D eigenvalue weighted by molar-refractivity contribution is -0.384. The molecule has 2 N–H and O–H groups in total. The number of nitro benzene ring substituents is 1. The van der Waals surface area contributed by atoms with Crippen LogP contribution in [0.3, 0.4) is 0 Å². The van der Waals surface area contributed by atoms with Crippen molar-refractivity contribution in [1.29, 1.82) is 0 Å². The third-order valence-corrected chi connectivity index (χ3v) is 6.01. The number of hydrogen-bond acceptors (Lipinski definition) is 7. The van der Waals surface area contributed by atoms with Crippen LogP contribution in [0.4, 0.5) is 17.1 Å². The third-order valence-electron chi connectivity index (χ3n) is 5.49. The predicted molar refractivity (Wildman–Crippen MR) is 131 cm³/mol. The molecular weight excluding hydrogens is 466 g/mol. The number of non-ortho nitro benzene ring substituents is 1. The second-order valence-electron chi connectivity index (χ2n) is 7.63. The van der Waals surface area contributed by atoms with Gasteiger partial charge in [0, 0.05) is 54.6 Å². The minimum absolute atomic E-state index is 0.0612. The molecule has 170 valence electrons. The van der Waals surface area contributed by atoms with Crippen molar-refractivity contribution < 1.29 is 14.5 Å². The highest BCUT2D eigenvalue weighted by Crippen LogP contribution is 2.31. The van der Waals surface area contributed by atoms with Crippen LogP contribution in [-0.2, 0) is 9.59 Å². The number of benzene rings is 2. The van der Waals surface area contributed by atoms with E-state index in [1.807, 2.05) is 0 Å². The average Bonchev–Trinajstić information content (AvgIpc) is 2.79. The lowest BCUT2D eigenvalue weighted by Gasteiger charge is -2.32. The smallest absolute Gasteiger partial charge is 0.270 e. The van der Waals surface area contributed by atoms with Crippen LogP contribution < -0.4 is 20.4 Å². The van der Waals surface area contributed by atoms with Crippen LogP contribution in [0.5, 0.6) is 0 Å². The number of amides is 2. The van der Waals surface area contributed by atoms with Crippen molar-refractivity contribution in [3.05, 3.63) is 68.2 Å². The number of piperazine rings is 1. The van der Waals surface area contributed by atoms with Gasteiger partial charge in [-0.05, 0) is 49.0 Å². The average molecular weight is 486 g/mol. The molecule has 2 saturated heterocycles. The van der Waals surface area contributed by atoms with Gasteiger partial charge in [0.2, 0.25) is 0 Å². The molecule has 2 aromatic rings. The van der Waals surface area contributed by atoms with Gasteiger partial charge in [0.15, 0.2) is 5.11 Å². The van der Waals surface area contributed by atoms with E-state index in [4.69, 9.17) is 23.8 Å². The Bertz CT molecular complexity index is 1210. The molecule has 4 rings (SSSR count). The van der Waals surface area contributed by atoms with Crippen LogP contribution in [0.1, 0.15) is 11.1 Å². The van der Waals surface area contributed by atoms with Crippen LogP contribution in [0.15, 0.2) is 42.0 Å². The number of nitro groups is 1. The zero-order chi connectivity index (χ0) is 23.7. The SMILES string of the molecule is Cc1ccc(Cl)cc1N1C(=O)/C(=C\c2cc([N+](=O)[O-])ccc2N2CCNCC2)C(=O)NC1=S. The monoisotopic (exact) mass is 485 g/mol. The summed E-state index contributed by atoms with van der Waals surface area (Å²) in [6.45, 7) is 4.67. The van der Waals surface area contributed by atoms with Gasteiger partial charge in [-0.25, -0.2) is 0 Å². The van der Waals surface area contributed by atoms with Gasteiger partial charge in [0.1, 0.15) is 5.57 Å². The minimum Gasteiger partial charge on any atom is -0.368 e. The Morgan fingerprint density at radius 3 is 2.55 bits per heavy atom. The minimum atomic E-state index is -0.668. The molecule has 0 bridgehead atoms. The first-order valence-electron chi connectivity index (χ1n) is 10.2. The van der Waals surface area contributed by atoms with Gasteiger partial charge in [0.05, 0.1) is 10.6 Å². The highest BCUT2D eigenvalue weighted by Gasteiger charge is 2.35. The molecule has 0 aliphatic carbocycles. The van der Waals surface area contributed by atoms with Gasteiger partial charge in [-0.2, -0.15) is 0 Å². The van der Waals surface area contributed by atoms with E-state index in [0.717, 1.165) is 18.7 Å². The normalized spacial score (nSPS) is 18.0. The molecule has 0 aromatic heterocycles. The molecule has 0 atom stereocenters. The third kappa shape index (κ3) is 4.58. The van der Waals surface area contributed by atoms with E-state index in [9.17, 15) is 19.7 Å². The molecule has 2 aliphatic rings. The molecule has 2 heterocycles. The van der Waals surface area contributed by atoms with E-state index in [1.54, 1.807) is 31.2 Å². The number of carbonyl (C=O) groups is 2. The Kier molecular flexibility index (Phi) is 6.41. The van der Waals surface area contributed by atoms with Crippen molar-refractivity contribution in [2.75, 3.05) is 36.0 Å². The molecule has 2 aliphatic heterocycles. The number of thiocarbonyl (C=S) groups is 1. The zero-order valence-electron chi connectivity index (χ0n) is 17.6. The molecule has 0 unspecified atom stereocenters. The maximum Gasteiger partial charge on any atom is 0.270 e. The van der Waals surface area contributed by atoms with Crippen molar-refractivity contribution in [2.24, 2.45) is 0 Å². The summed E-state index contributed by atoms with van der Waals surface area (Å²) in [5, 5.41) is 17.5. The number of rotatable bonds is 4. The number of aryl methyl sites for hydroxylation is 1. The van der Waals surface area contributed by atoms with Crippen molar-refractivity contribution in [2.45, 2.75) is 6.92 Å². The molecule has 0 spiro atoms. The van der Waals surface area contributed by atoms with Gasteiger partial charge in [0.25, 0.3) is 17.5 Å². The van der Waals surface area contributed by atoms with Gasteiger partial charge in [-0.15, -0.1) is 0 Å². The summed E-state index contributed by atoms with van der Waals surface area (Å²) >= 11 is 11.4. The summed E-state index contributed by atoms with van der Waals surface area (Å²) < 4.78 is 0. The van der Waals surface area contributed by atoms with Crippen molar-refractivity contribution in [1.82, 2.24) is 10.6 Å². The molecule has 9 nitrogen and oxygen atoms in total. The van der Waals surface area contributed by atoms with E-state index in [0.29, 0.717) is 35.1 Å². The fraction of sp³-hybridized carbons (Fsp3) is 0.227. The molecule has 33 heavy (non-hydrogen) atoms. The van der Waals surface area contributed by atoms with E-state index in [-0.39, 0.29) is 16.4 Å². The molecule has 0 saturated carbocycles. The summed E-state index contributed by atoms with van der Waals surface area (Å²) in [7, 11) is 0. The number of hydrogen-bond donors (Lipinski definition) is 2. The maximum atomic E-state index is 13.4. The lowest BCUT2D eigenvalue weighted by atomic mass is 10.0. The number of carbonyl (C=O) groups excluding carboxylic acids is 2. The van der Waals surface area contributed by atoms with Crippen LogP contribution in [0.25, 0.3) is 6.08 Å². The second kappa shape index (κ2) is 9.26. The van der Waals surface area contributed by atoms with Gasteiger partial charge >= 0.3 is 0 Å². The summed E-state index contributed by atoms with van der Waals surface area (Å²) in [5.41, 5.74) is 1.98. The fourth-order valence-electron chi connectivity index (χ4n) is 3.82. The number of halogens is 1. The largest absolute Gasteiger partial charge is 0.368 e. The summed E-state index contributed by atoms with van der Waals surface area (Å²) in [6, 6.07) is 9.46. The topological polar surface area (TPSA) is 108 Å². The lowest BCUT2D eigenvalue weighted by Crippen LogP contribution is -2.54. The predicted octanol–water partition coefficient (Wildman–Crippen LogP) is 2.80. The molecular formula is C22H20ClN5O4S. The Balaban J connectivity index is 1.81.